The van der Waals surface area contributed by atoms with Crippen LogP contribution < -0.4 is 5.32 Å². The van der Waals surface area contributed by atoms with E-state index in [0.29, 0.717) is 12.4 Å². The SMILES string of the molecule is Cc1nc(CNC(C)(CO)c2ccccc2)oc1C. The molecule has 1 aromatic heterocycles. The minimum Gasteiger partial charge on any atom is -0.444 e. The molecule has 0 amide bonds. The van der Waals surface area contributed by atoms with E-state index < -0.39 is 5.54 Å². The molecule has 0 bridgehead atoms. The molecule has 1 aromatic carbocycles. The largest absolute Gasteiger partial charge is 0.444 e. The topological polar surface area (TPSA) is 58.3 Å². The quantitative estimate of drug-likeness (QED) is 0.866. The summed E-state index contributed by atoms with van der Waals surface area (Å²) in [6.45, 7) is 6.28. The Bertz CT molecular complexity index is 517. The van der Waals surface area contributed by atoms with Crippen molar-refractivity contribution < 1.29 is 9.52 Å². The number of nitrogens with one attached hydrogen (secondary N) is 1. The minimum atomic E-state index is -0.502. The van der Waals surface area contributed by atoms with Gasteiger partial charge in [-0.3, -0.25) is 5.32 Å². The lowest BCUT2D eigenvalue weighted by molar-refractivity contribution is 0.170. The Morgan fingerprint density at radius 3 is 2.47 bits per heavy atom. The number of hydrogen-bond acceptors (Lipinski definition) is 4. The molecule has 2 rings (SSSR count). The molecular formula is C15H20N2O2. The summed E-state index contributed by atoms with van der Waals surface area (Å²) in [5.41, 5.74) is 1.44. The number of aromatic nitrogens is 1. The van der Waals surface area contributed by atoms with Crippen molar-refractivity contribution >= 4 is 0 Å². The van der Waals surface area contributed by atoms with Crippen molar-refractivity contribution in [1.82, 2.24) is 10.3 Å². The van der Waals surface area contributed by atoms with E-state index in [1.807, 2.05) is 51.1 Å². The molecule has 4 heteroatoms. The molecule has 1 heterocycles. The lowest BCUT2D eigenvalue weighted by atomic mass is 9.93. The zero-order valence-electron chi connectivity index (χ0n) is 11.6. The number of aliphatic hydroxyl groups is 1. The van der Waals surface area contributed by atoms with E-state index >= 15 is 0 Å². The first kappa shape index (κ1) is 13.8. The van der Waals surface area contributed by atoms with Crippen LogP contribution in [-0.4, -0.2) is 16.7 Å². The van der Waals surface area contributed by atoms with Gasteiger partial charge in [0.2, 0.25) is 5.89 Å². The Balaban J connectivity index is 2.11. The second-order valence-electron chi connectivity index (χ2n) is 4.96. The lowest BCUT2D eigenvalue weighted by Crippen LogP contribution is -2.42. The van der Waals surface area contributed by atoms with Crippen molar-refractivity contribution in [3.8, 4) is 0 Å². The fraction of sp³-hybridized carbons (Fsp3) is 0.400. The monoisotopic (exact) mass is 260 g/mol. The third-order valence-corrected chi connectivity index (χ3v) is 3.43. The van der Waals surface area contributed by atoms with Crippen molar-refractivity contribution in [3.05, 3.63) is 53.2 Å². The summed E-state index contributed by atoms with van der Waals surface area (Å²) in [7, 11) is 0. The average Bonchev–Trinajstić information content (AvgIpc) is 2.76. The number of nitrogens with zero attached hydrogens (tertiary/aromatic N) is 1. The molecular weight excluding hydrogens is 240 g/mol. The summed E-state index contributed by atoms with van der Waals surface area (Å²) in [6, 6.07) is 9.88. The summed E-state index contributed by atoms with van der Waals surface area (Å²) in [4.78, 5) is 4.33. The van der Waals surface area contributed by atoms with Gasteiger partial charge in [0.25, 0.3) is 0 Å². The summed E-state index contributed by atoms with van der Waals surface area (Å²) in [6.07, 6.45) is 0. The summed E-state index contributed by atoms with van der Waals surface area (Å²) < 4.78 is 5.53. The lowest BCUT2D eigenvalue weighted by Gasteiger charge is -2.28. The van der Waals surface area contributed by atoms with Crippen LogP contribution in [0.25, 0.3) is 0 Å². The molecule has 4 nitrogen and oxygen atoms in total. The number of oxazole rings is 1. The molecule has 0 saturated heterocycles. The van der Waals surface area contributed by atoms with Crippen LogP contribution in [0.5, 0.6) is 0 Å². The van der Waals surface area contributed by atoms with Crippen molar-refractivity contribution in [2.45, 2.75) is 32.9 Å². The number of benzene rings is 1. The van der Waals surface area contributed by atoms with Gasteiger partial charge in [0.05, 0.1) is 24.4 Å². The highest BCUT2D eigenvalue weighted by Crippen LogP contribution is 2.20. The first-order valence-electron chi connectivity index (χ1n) is 6.39. The molecule has 19 heavy (non-hydrogen) atoms. The number of aliphatic hydroxyl groups excluding tert-OH is 1. The van der Waals surface area contributed by atoms with Crippen LogP contribution in [0.1, 0.15) is 29.8 Å². The smallest absolute Gasteiger partial charge is 0.208 e. The molecule has 2 aromatic rings. The molecule has 1 unspecified atom stereocenters. The fourth-order valence-corrected chi connectivity index (χ4v) is 1.94. The molecule has 0 aliphatic heterocycles. The van der Waals surface area contributed by atoms with Gasteiger partial charge in [-0.2, -0.15) is 0 Å². The van der Waals surface area contributed by atoms with E-state index in [0.717, 1.165) is 17.0 Å². The van der Waals surface area contributed by atoms with Crippen LogP contribution in [0.3, 0.4) is 0 Å². The van der Waals surface area contributed by atoms with Gasteiger partial charge in [-0.15, -0.1) is 0 Å². The van der Waals surface area contributed by atoms with Gasteiger partial charge < -0.3 is 9.52 Å². The first-order valence-corrected chi connectivity index (χ1v) is 6.39. The van der Waals surface area contributed by atoms with E-state index in [2.05, 4.69) is 10.3 Å². The van der Waals surface area contributed by atoms with Crippen molar-refractivity contribution in [2.75, 3.05) is 6.61 Å². The zero-order chi connectivity index (χ0) is 13.9. The van der Waals surface area contributed by atoms with Gasteiger partial charge in [0.1, 0.15) is 5.76 Å². The molecule has 1 atom stereocenters. The van der Waals surface area contributed by atoms with E-state index in [4.69, 9.17) is 4.42 Å². The van der Waals surface area contributed by atoms with Crippen LogP contribution in [0.15, 0.2) is 34.7 Å². The molecule has 0 aliphatic carbocycles. The van der Waals surface area contributed by atoms with Gasteiger partial charge in [-0.05, 0) is 26.3 Å². The summed E-state index contributed by atoms with van der Waals surface area (Å²) >= 11 is 0. The Kier molecular flexibility index (Phi) is 4.02. The van der Waals surface area contributed by atoms with E-state index in [1.54, 1.807) is 0 Å². The van der Waals surface area contributed by atoms with Gasteiger partial charge in [-0.25, -0.2) is 4.98 Å². The maximum atomic E-state index is 9.66. The van der Waals surface area contributed by atoms with Crippen LogP contribution in [-0.2, 0) is 12.1 Å². The Labute approximate surface area is 113 Å². The molecule has 2 N–H and O–H groups in total. The van der Waals surface area contributed by atoms with Crippen molar-refractivity contribution in [1.29, 1.82) is 0 Å². The van der Waals surface area contributed by atoms with Crippen LogP contribution in [0.2, 0.25) is 0 Å². The average molecular weight is 260 g/mol. The van der Waals surface area contributed by atoms with Crippen LogP contribution in [0.4, 0.5) is 0 Å². The summed E-state index contributed by atoms with van der Waals surface area (Å²) in [5.74, 6) is 1.48. The predicted octanol–water partition coefficient (Wildman–Crippen LogP) is 2.29. The number of aryl methyl sites for hydroxylation is 2. The standard InChI is InChI=1S/C15H20N2O2/c1-11-12(2)19-14(17-11)9-16-15(3,10-18)13-7-5-4-6-8-13/h4-8,16,18H,9-10H2,1-3H3. The number of hydrogen-bond donors (Lipinski definition) is 2. The van der Waals surface area contributed by atoms with E-state index in [1.165, 1.54) is 0 Å². The number of rotatable bonds is 5. The zero-order valence-corrected chi connectivity index (χ0v) is 11.6. The van der Waals surface area contributed by atoms with Crippen molar-refractivity contribution in [3.63, 3.8) is 0 Å². The van der Waals surface area contributed by atoms with Crippen LogP contribution >= 0.6 is 0 Å². The van der Waals surface area contributed by atoms with Gasteiger partial charge >= 0.3 is 0 Å². The first-order chi connectivity index (χ1) is 9.05. The maximum absolute atomic E-state index is 9.66. The van der Waals surface area contributed by atoms with E-state index in [-0.39, 0.29) is 6.61 Å². The highest BCUT2D eigenvalue weighted by molar-refractivity contribution is 5.23. The fourth-order valence-electron chi connectivity index (χ4n) is 1.94. The second kappa shape index (κ2) is 5.55. The maximum Gasteiger partial charge on any atom is 0.208 e. The highest BCUT2D eigenvalue weighted by atomic mass is 16.4. The predicted molar refractivity (Wildman–Crippen MR) is 73.7 cm³/mol. The van der Waals surface area contributed by atoms with Crippen molar-refractivity contribution in [2.24, 2.45) is 0 Å². The van der Waals surface area contributed by atoms with Crippen LogP contribution in [0, 0.1) is 13.8 Å². The third kappa shape index (κ3) is 3.03. The Hall–Kier alpha value is -1.65. The highest BCUT2D eigenvalue weighted by Gasteiger charge is 2.25. The molecule has 0 aliphatic rings. The van der Waals surface area contributed by atoms with Gasteiger partial charge in [-0.1, -0.05) is 30.3 Å². The Morgan fingerprint density at radius 2 is 1.95 bits per heavy atom. The second-order valence-corrected chi connectivity index (χ2v) is 4.96. The normalized spacial score (nSPS) is 14.3. The molecule has 0 spiro atoms. The third-order valence-electron chi connectivity index (χ3n) is 3.43. The molecule has 0 fully saturated rings. The Morgan fingerprint density at radius 1 is 1.26 bits per heavy atom. The molecule has 0 saturated carbocycles. The summed E-state index contributed by atoms with van der Waals surface area (Å²) in [5, 5.41) is 13.0. The van der Waals surface area contributed by atoms with Gasteiger partial charge in [0, 0.05) is 0 Å². The van der Waals surface area contributed by atoms with Gasteiger partial charge in [0.15, 0.2) is 0 Å². The molecule has 0 radical (unpaired) electrons. The minimum absolute atomic E-state index is 0.00961. The molecule has 102 valence electrons. The van der Waals surface area contributed by atoms with E-state index in [9.17, 15) is 5.11 Å².